The molecule has 21 heavy (non-hydrogen) atoms. The third-order valence-electron chi connectivity index (χ3n) is 3.57. The summed E-state index contributed by atoms with van der Waals surface area (Å²) < 4.78 is 23.2. The number of amides is 1. The summed E-state index contributed by atoms with van der Waals surface area (Å²) in [6.45, 7) is 3.68. The van der Waals surface area contributed by atoms with Crippen molar-refractivity contribution in [2.24, 2.45) is 5.84 Å². The molecule has 0 spiro atoms. The molecule has 1 aliphatic rings. The smallest absolute Gasteiger partial charge is 0.251 e. The van der Waals surface area contributed by atoms with Crippen LogP contribution < -0.4 is 16.6 Å². The van der Waals surface area contributed by atoms with Crippen LogP contribution in [0.5, 0.6) is 0 Å². The molecule has 2 heterocycles. The van der Waals surface area contributed by atoms with Gasteiger partial charge in [0.05, 0.1) is 17.0 Å². The number of rotatable bonds is 4. The van der Waals surface area contributed by atoms with E-state index >= 15 is 0 Å². The lowest BCUT2D eigenvalue weighted by Gasteiger charge is -2.24. The first-order chi connectivity index (χ1) is 9.77. The summed E-state index contributed by atoms with van der Waals surface area (Å²) in [7, 11) is -3.07. The number of pyridine rings is 1. The average molecular weight is 312 g/mol. The zero-order valence-corrected chi connectivity index (χ0v) is 13.0. The Hall–Kier alpha value is -1.67. The fourth-order valence-corrected chi connectivity index (χ4v) is 4.52. The SMILES string of the molecule is CCc1cc(C(=O)NC2(C)CCS(=O)(=O)C2)cc(NN)n1. The van der Waals surface area contributed by atoms with Gasteiger partial charge in [-0.3, -0.25) is 4.79 Å². The molecule has 116 valence electrons. The first-order valence-corrected chi connectivity index (χ1v) is 8.59. The van der Waals surface area contributed by atoms with Gasteiger partial charge < -0.3 is 10.7 Å². The van der Waals surface area contributed by atoms with Gasteiger partial charge in [-0.25, -0.2) is 19.2 Å². The molecule has 7 nitrogen and oxygen atoms in total. The van der Waals surface area contributed by atoms with E-state index in [1.54, 1.807) is 19.1 Å². The van der Waals surface area contributed by atoms with Gasteiger partial charge in [0.25, 0.3) is 5.91 Å². The number of nitrogens with zero attached hydrogens (tertiary/aromatic N) is 1. The predicted molar refractivity (Wildman–Crippen MR) is 80.6 cm³/mol. The van der Waals surface area contributed by atoms with Gasteiger partial charge in [0, 0.05) is 11.3 Å². The summed E-state index contributed by atoms with van der Waals surface area (Å²) in [6.07, 6.45) is 1.09. The molecule has 2 rings (SSSR count). The van der Waals surface area contributed by atoms with Gasteiger partial charge in [0.15, 0.2) is 9.84 Å². The van der Waals surface area contributed by atoms with Crippen LogP contribution in [0.1, 0.15) is 36.3 Å². The van der Waals surface area contributed by atoms with Crippen LogP contribution in [-0.4, -0.2) is 36.4 Å². The number of hydrazine groups is 1. The molecule has 8 heteroatoms. The highest BCUT2D eigenvalue weighted by Crippen LogP contribution is 2.23. The molecule has 0 bridgehead atoms. The predicted octanol–water partition coefficient (Wildman–Crippen LogP) is 0.237. The molecule has 1 fully saturated rings. The van der Waals surface area contributed by atoms with Crippen molar-refractivity contribution < 1.29 is 13.2 Å². The van der Waals surface area contributed by atoms with Gasteiger partial charge in [-0.2, -0.15) is 0 Å². The summed E-state index contributed by atoms with van der Waals surface area (Å²) in [6, 6.07) is 3.23. The largest absolute Gasteiger partial charge is 0.346 e. The van der Waals surface area contributed by atoms with E-state index in [9.17, 15) is 13.2 Å². The Bertz CT molecular complexity index is 637. The van der Waals surface area contributed by atoms with Crippen LogP contribution in [0.15, 0.2) is 12.1 Å². The molecular formula is C13H20N4O3S. The lowest BCUT2D eigenvalue weighted by atomic mass is 10.0. The maximum Gasteiger partial charge on any atom is 0.251 e. The molecule has 1 aromatic rings. The number of carbonyl (C=O) groups excluding carboxylic acids is 1. The second-order valence-corrected chi connectivity index (χ2v) is 7.77. The molecule has 1 saturated heterocycles. The Labute approximate surface area is 124 Å². The van der Waals surface area contributed by atoms with Crippen LogP contribution >= 0.6 is 0 Å². The topological polar surface area (TPSA) is 114 Å². The van der Waals surface area contributed by atoms with Crippen molar-refractivity contribution in [3.63, 3.8) is 0 Å². The van der Waals surface area contributed by atoms with Crippen molar-refractivity contribution in [2.45, 2.75) is 32.2 Å². The zero-order valence-electron chi connectivity index (χ0n) is 12.1. The molecule has 4 N–H and O–H groups in total. The Morgan fingerprint density at radius 3 is 2.71 bits per heavy atom. The number of nitrogens with two attached hydrogens (primary N) is 1. The first-order valence-electron chi connectivity index (χ1n) is 6.77. The normalized spacial score (nSPS) is 23.8. The van der Waals surface area contributed by atoms with Gasteiger partial charge >= 0.3 is 0 Å². The second-order valence-electron chi connectivity index (χ2n) is 5.59. The lowest BCUT2D eigenvalue weighted by molar-refractivity contribution is 0.0915. The minimum absolute atomic E-state index is 0.0283. The Morgan fingerprint density at radius 1 is 1.48 bits per heavy atom. The van der Waals surface area contributed by atoms with E-state index in [-0.39, 0.29) is 17.4 Å². The van der Waals surface area contributed by atoms with Crippen LogP contribution in [0.25, 0.3) is 0 Å². The van der Waals surface area contributed by atoms with Crippen molar-refractivity contribution in [3.05, 3.63) is 23.4 Å². The van der Waals surface area contributed by atoms with Crippen LogP contribution in [0.2, 0.25) is 0 Å². The number of nitrogen functional groups attached to an aromatic ring is 1. The Kier molecular flexibility index (Phi) is 4.20. The fraction of sp³-hybridized carbons (Fsp3) is 0.538. The van der Waals surface area contributed by atoms with E-state index in [4.69, 9.17) is 5.84 Å². The molecule has 1 aromatic heterocycles. The molecule has 0 aliphatic carbocycles. The Morgan fingerprint density at radius 2 is 2.19 bits per heavy atom. The van der Waals surface area contributed by atoms with Crippen molar-refractivity contribution in [3.8, 4) is 0 Å². The number of aryl methyl sites for hydroxylation is 1. The highest BCUT2D eigenvalue weighted by molar-refractivity contribution is 7.91. The lowest BCUT2D eigenvalue weighted by Crippen LogP contribution is -2.47. The van der Waals surface area contributed by atoms with Gasteiger partial charge in [0.2, 0.25) is 0 Å². The van der Waals surface area contributed by atoms with E-state index in [1.165, 1.54) is 0 Å². The van der Waals surface area contributed by atoms with Crippen molar-refractivity contribution in [1.29, 1.82) is 0 Å². The number of anilines is 1. The number of nitrogens with one attached hydrogen (secondary N) is 2. The van der Waals surface area contributed by atoms with Crippen LogP contribution in [0, 0.1) is 0 Å². The summed E-state index contributed by atoms with van der Waals surface area (Å²) in [5, 5.41) is 2.82. The van der Waals surface area contributed by atoms with E-state index in [2.05, 4.69) is 15.7 Å². The zero-order chi connectivity index (χ0) is 15.7. The van der Waals surface area contributed by atoms with E-state index in [1.807, 2.05) is 6.92 Å². The average Bonchev–Trinajstić information content (AvgIpc) is 2.71. The Balaban J connectivity index is 2.21. The number of aromatic nitrogens is 1. The minimum Gasteiger partial charge on any atom is -0.346 e. The third-order valence-corrected chi connectivity index (χ3v) is 5.47. The van der Waals surface area contributed by atoms with E-state index in [0.717, 1.165) is 5.69 Å². The van der Waals surface area contributed by atoms with E-state index in [0.29, 0.717) is 24.2 Å². The molecule has 1 aliphatic heterocycles. The maximum absolute atomic E-state index is 12.4. The second kappa shape index (κ2) is 5.61. The maximum atomic E-state index is 12.4. The summed E-state index contributed by atoms with van der Waals surface area (Å²) >= 11 is 0. The number of carbonyl (C=O) groups is 1. The molecule has 1 unspecified atom stereocenters. The summed E-state index contributed by atoms with van der Waals surface area (Å²) in [5.41, 5.74) is 2.86. The number of hydrogen-bond donors (Lipinski definition) is 3. The van der Waals surface area contributed by atoms with Crippen LogP contribution in [0.4, 0.5) is 5.82 Å². The third kappa shape index (κ3) is 3.70. The van der Waals surface area contributed by atoms with E-state index < -0.39 is 15.4 Å². The minimum atomic E-state index is -3.07. The number of hydrogen-bond acceptors (Lipinski definition) is 6. The first kappa shape index (κ1) is 15.7. The summed E-state index contributed by atoms with van der Waals surface area (Å²) in [5.74, 6) is 5.51. The molecule has 1 amide bonds. The molecular weight excluding hydrogens is 292 g/mol. The number of sulfone groups is 1. The highest BCUT2D eigenvalue weighted by Gasteiger charge is 2.39. The van der Waals surface area contributed by atoms with Gasteiger partial charge in [-0.05, 0) is 31.9 Å². The standard InChI is InChI=1S/C13H20N4O3S/c1-3-10-6-9(7-11(15-10)17-14)12(18)16-13(2)4-5-21(19,20)8-13/h6-7H,3-5,8,14H2,1-2H3,(H,15,17)(H,16,18). The fourth-order valence-electron chi connectivity index (χ4n) is 2.43. The van der Waals surface area contributed by atoms with Crippen molar-refractivity contribution in [1.82, 2.24) is 10.3 Å². The highest BCUT2D eigenvalue weighted by atomic mass is 32.2. The van der Waals surface area contributed by atoms with Crippen molar-refractivity contribution in [2.75, 3.05) is 16.9 Å². The van der Waals surface area contributed by atoms with Crippen molar-refractivity contribution >= 4 is 21.6 Å². The molecule has 1 atom stereocenters. The monoisotopic (exact) mass is 312 g/mol. The van der Waals surface area contributed by atoms with Crippen LogP contribution in [-0.2, 0) is 16.3 Å². The molecule has 0 aromatic carbocycles. The van der Waals surface area contributed by atoms with Gasteiger partial charge in [-0.1, -0.05) is 6.92 Å². The summed E-state index contributed by atoms with van der Waals surface area (Å²) in [4.78, 5) is 16.6. The quantitative estimate of drug-likeness (QED) is 0.542. The molecule has 0 radical (unpaired) electrons. The van der Waals surface area contributed by atoms with Crippen LogP contribution in [0.3, 0.4) is 0 Å². The van der Waals surface area contributed by atoms with Gasteiger partial charge in [-0.15, -0.1) is 0 Å². The molecule has 0 saturated carbocycles. The van der Waals surface area contributed by atoms with Gasteiger partial charge in [0.1, 0.15) is 5.82 Å².